The number of rotatable bonds is 1. The summed E-state index contributed by atoms with van der Waals surface area (Å²) in [4.78, 5) is 2.36. The van der Waals surface area contributed by atoms with E-state index in [4.69, 9.17) is 0 Å². The molecule has 0 amide bonds. The number of halogens is 1. The maximum Gasteiger partial charge on any atom is 0.0503 e. The highest BCUT2D eigenvalue weighted by atomic mass is 79.9. The van der Waals surface area contributed by atoms with Crippen LogP contribution in [0.25, 0.3) is 0 Å². The van der Waals surface area contributed by atoms with Gasteiger partial charge in [0.25, 0.3) is 0 Å². The Labute approximate surface area is 145 Å². The Morgan fingerprint density at radius 3 is 2.17 bits per heavy atom. The summed E-state index contributed by atoms with van der Waals surface area (Å²) in [6, 6.07) is 25.9. The van der Waals surface area contributed by atoms with Crippen LogP contribution >= 0.6 is 15.9 Å². The largest absolute Gasteiger partial charge is 0.310 e. The summed E-state index contributed by atoms with van der Waals surface area (Å²) in [6.07, 6.45) is 0. The smallest absolute Gasteiger partial charge is 0.0503 e. The summed E-state index contributed by atoms with van der Waals surface area (Å²) in [5.74, 6) is 0. The number of nitrogens with zero attached hydrogens (tertiary/aromatic N) is 1. The van der Waals surface area contributed by atoms with E-state index < -0.39 is 0 Å². The van der Waals surface area contributed by atoms with Gasteiger partial charge in [0, 0.05) is 15.6 Å². The minimum atomic E-state index is -0.0268. The fraction of sp³-hybridized carbons (Fsp3) is 0.143. The Bertz CT molecular complexity index is 868. The van der Waals surface area contributed by atoms with E-state index in [1.165, 1.54) is 28.2 Å². The summed E-state index contributed by atoms with van der Waals surface area (Å²) in [7, 11) is 0. The molecule has 3 aromatic rings. The average Bonchev–Trinajstić information content (AvgIpc) is 2.57. The van der Waals surface area contributed by atoms with Crippen molar-refractivity contribution in [3.05, 3.63) is 88.4 Å². The van der Waals surface area contributed by atoms with E-state index in [2.05, 4.69) is 107 Å². The first-order valence-electron chi connectivity index (χ1n) is 7.84. The van der Waals surface area contributed by atoms with E-state index in [-0.39, 0.29) is 5.41 Å². The topological polar surface area (TPSA) is 3.24 Å². The van der Waals surface area contributed by atoms with Crippen molar-refractivity contribution in [1.82, 2.24) is 0 Å². The third kappa shape index (κ3) is 2.21. The highest BCUT2D eigenvalue weighted by molar-refractivity contribution is 9.10. The van der Waals surface area contributed by atoms with E-state index in [1.807, 2.05) is 0 Å². The zero-order valence-electron chi connectivity index (χ0n) is 13.3. The second-order valence-electron chi connectivity index (χ2n) is 6.47. The zero-order chi connectivity index (χ0) is 16.0. The van der Waals surface area contributed by atoms with Gasteiger partial charge < -0.3 is 4.90 Å². The van der Waals surface area contributed by atoms with Crippen LogP contribution in [0.2, 0.25) is 0 Å². The van der Waals surface area contributed by atoms with Crippen molar-refractivity contribution >= 4 is 33.0 Å². The second kappa shape index (κ2) is 5.24. The van der Waals surface area contributed by atoms with Crippen LogP contribution in [0.4, 0.5) is 17.1 Å². The molecule has 0 aromatic heterocycles. The molecule has 2 heteroatoms. The molecule has 0 radical (unpaired) electrons. The molecule has 0 atom stereocenters. The van der Waals surface area contributed by atoms with E-state index in [0.717, 1.165) is 4.47 Å². The summed E-state index contributed by atoms with van der Waals surface area (Å²) >= 11 is 3.64. The van der Waals surface area contributed by atoms with E-state index >= 15 is 0 Å². The monoisotopic (exact) mass is 363 g/mol. The van der Waals surface area contributed by atoms with Crippen LogP contribution in [0.3, 0.4) is 0 Å². The van der Waals surface area contributed by atoms with Gasteiger partial charge in [0.1, 0.15) is 0 Å². The minimum Gasteiger partial charge on any atom is -0.310 e. The highest BCUT2D eigenvalue weighted by Crippen LogP contribution is 2.51. The lowest BCUT2D eigenvalue weighted by atomic mass is 9.73. The number of anilines is 3. The van der Waals surface area contributed by atoms with Crippen molar-refractivity contribution in [2.75, 3.05) is 4.90 Å². The Morgan fingerprint density at radius 2 is 1.39 bits per heavy atom. The number of para-hydroxylation sites is 2. The molecule has 1 aliphatic heterocycles. The molecule has 0 aliphatic carbocycles. The Balaban J connectivity index is 2.06. The molecule has 0 bridgehead atoms. The molecule has 0 spiro atoms. The molecule has 1 heterocycles. The number of hydrogen-bond donors (Lipinski definition) is 0. The average molecular weight is 364 g/mol. The maximum absolute atomic E-state index is 3.64. The first-order valence-corrected chi connectivity index (χ1v) is 8.63. The quantitative estimate of drug-likeness (QED) is 0.473. The van der Waals surface area contributed by atoms with Crippen LogP contribution in [-0.4, -0.2) is 0 Å². The lowest BCUT2D eigenvalue weighted by Crippen LogP contribution is -2.30. The van der Waals surface area contributed by atoms with Crippen molar-refractivity contribution in [3.8, 4) is 0 Å². The Morgan fingerprint density at radius 1 is 0.739 bits per heavy atom. The summed E-state index contributed by atoms with van der Waals surface area (Å²) < 4.78 is 1.12. The van der Waals surface area contributed by atoms with Gasteiger partial charge in [-0.1, -0.05) is 66.2 Å². The molecular formula is C21H18BrN. The maximum atomic E-state index is 3.64. The van der Waals surface area contributed by atoms with Gasteiger partial charge in [-0.05, 0) is 47.5 Å². The summed E-state index contributed by atoms with van der Waals surface area (Å²) in [5.41, 5.74) is 6.38. The lowest BCUT2D eigenvalue weighted by Gasteiger charge is -2.42. The lowest BCUT2D eigenvalue weighted by molar-refractivity contribution is 0.631. The van der Waals surface area contributed by atoms with Gasteiger partial charge in [0.2, 0.25) is 0 Å². The molecule has 0 N–H and O–H groups in total. The van der Waals surface area contributed by atoms with Gasteiger partial charge in [-0.2, -0.15) is 0 Å². The second-order valence-corrected chi connectivity index (χ2v) is 7.39. The van der Waals surface area contributed by atoms with Crippen molar-refractivity contribution in [2.45, 2.75) is 19.3 Å². The third-order valence-corrected chi connectivity index (χ3v) is 5.20. The molecular weight excluding hydrogens is 346 g/mol. The minimum absolute atomic E-state index is 0.0268. The first kappa shape index (κ1) is 14.5. The molecule has 4 rings (SSSR count). The van der Waals surface area contributed by atoms with Gasteiger partial charge >= 0.3 is 0 Å². The third-order valence-electron chi connectivity index (χ3n) is 4.71. The van der Waals surface area contributed by atoms with Crippen LogP contribution in [0.1, 0.15) is 25.0 Å². The number of fused-ring (bicyclic) bond motifs is 2. The summed E-state index contributed by atoms with van der Waals surface area (Å²) in [6.45, 7) is 4.61. The SMILES string of the molecule is CC1(C)c2ccccc2N(c2ccccc2)c2ccc(Br)cc21. The van der Waals surface area contributed by atoms with Gasteiger partial charge in [0.15, 0.2) is 0 Å². The van der Waals surface area contributed by atoms with Crippen LogP contribution in [0.15, 0.2) is 77.3 Å². The fourth-order valence-corrected chi connectivity index (χ4v) is 3.89. The van der Waals surface area contributed by atoms with Gasteiger partial charge in [-0.25, -0.2) is 0 Å². The predicted molar refractivity (Wildman–Crippen MR) is 101 cm³/mol. The highest BCUT2D eigenvalue weighted by Gasteiger charge is 2.36. The number of benzene rings is 3. The van der Waals surface area contributed by atoms with Crippen LogP contribution < -0.4 is 4.90 Å². The van der Waals surface area contributed by atoms with Gasteiger partial charge in [-0.3, -0.25) is 0 Å². The molecule has 114 valence electrons. The van der Waals surface area contributed by atoms with Crippen molar-refractivity contribution in [1.29, 1.82) is 0 Å². The van der Waals surface area contributed by atoms with Gasteiger partial charge in [0.05, 0.1) is 11.4 Å². The normalized spacial score (nSPS) is 15.0. The Kier molecular flexibility index (Phi) is 3.31. The summed E-state index contributed by atoms with van der Waals surface area (Å²) in [5, 5.41) is 0. The van der Waals surface area contributed by atoms with Gasteiger partial charge in [-0.15, -0.1) is 0 Å². The van der Waals surface area contributed by atoms with E-state index in [9.17, 15) is 0 Å². The van der Waals surface area contributed by atoms with Crippen LogP contribution in [0, 0.1) is 0 Å². The molecule has 3 aromatic carbocycles. The molecule has 0 saturated carbocycles. The fourth-order valence-electron chi connectivity index (χ4n) is 3.53. The predicted octanol–water partition coefficient (Wildman–Crippen LogP) is 6.56. The first-order chi connectivity index (χ1) is 11.1. The van der Waals surface area contributed by atoms with E-state index in [1.54, 1.807) is 0 Å². The van der Waals surface area contributed by atoms with E-state index in [0.29, 0.717) is 0 Å². The Hall–Kier alpha value is -2.06. The number of hydrogen-bond acceptors (Lipinski definition) is 1. The molecule has 0 fully saturated rings. The molecule has 0 saturated heterocycles. The molecule has 1 aliphatic rings. The standard InChI is InChI=1S/C21H18BrN/c1-21(2)17-10-6-7-11-19(17)23(16-8-4-3-5-9-16)20-13-12-15(22)14-18(20)21/h3-14H,1-2H3. The van der Waals surface area contributed by atoms with Crippen LogP contribution in [-0.2, 0) is 5.41 Å². The molecule has 0 unspecified atom stereocenters. The van der Waals surface area contributed by atoms with Crippen LogP contribution in [0.5, 0.6) is 0 Å². The zero-order valence-corrected chi connectivity index (χ0v) is 14.8. The van der Waals surface area contributed by atoms with Crippen molar-refractivity contribution < 1.29 is 0 Å². The van der Waals surface area contributed by atoms with Crippen molar-refractivity contribution in [3.63, 3.8) is 0 Å². The van der Waals surface area contributed by atoms with Crippen molar-refractivity contribution in [2.24, 2.45) is 0 Å². The molecule has 23 heavy (non-hydrogen) atoms. The molecule has 1 nitrogen and oxygen atoms in total.